The Morgan fingerprint density at radius 1 is 1.00 bits per heavy atom. The molecule has 0 spiro atoms. The van der Waals surface area contributed by atoms with Crippen LogP contribution in [0.5, 0.6) is 0 Å². The van der Waals surface area contributed by atoms with E-state index in [0.717, 1.165) is 16.7 Å². The number of halogens is 1. The van der Waals surface area contributed by atoms with Crippen molar-refractivity contribution in [2.24, 2.45) is 0 Å². The molecule has 0 saturated heterocycles. The van der Waals surface area contributed by atoms with Crippen LogP contribution in [-0.4, -0.2) is 15.0 Å². The number of rotatable bonds is 5. The van der Waals surface area contributed by atoms with E-state index in [2.05, 4.69) is 4.72 Å². The Bertz CT molecular complexity index is 724. The van der Waals surface area contributed by atoms with Gasteiger partial charge in [-0.25, -0.2) is 17.5 Å². The monoisotopic (exact) mass is 307 g/mol. The molecule has 0 unspecified atom stereocenters. The van der Waals surface area contributed by atoms with Crippen molar-refractivity contribution in [2.75, 3.05) is 6.54 Å². The molecule has 2 aromatic rings. The second-order valence-electron chi connectivity index (χ2n) is 5.02. The van der Waals surface area contributed by atoms with E-state index in [9.17, 15) is 12.8 Å². The molecular formula is C16H18FNO2S. The van der Waals surface area contributed by atoms with E-state index in [4.69, 9.17) is 0 Å². The smallest absolute Gasteiger partial charge is 0.211 e. The van der Waals surface area contributed by atoms with Crippen molar-refractivity contribution in [1.82, 2.24) is 4.72 Å². The summed E-state index contributed by atoms with van der Waals surface area (Å²) in [7, 11) is -3.50. The second-order valence-corrected chi connectivity index (χ2v) is 6.79. The van der Waals surface area contributed by atoms with Crippen LogP contribution < -0.4 is 4.72 Å². The van der Waals surface area contributed by atoms with Gasteiger partial charge in [-0.2, -0.15) is 0 Å². The van der Waals surface area contributed by atoms with Gasteiger partial charge in [-0.1, -0.05) is 18.2 Å². The average Bonchev–Trinajstić information content (AvgIpc) is 2.44. The highest BCUT2D eigenvalue weighted by atomic mass is 32.2. The molecule has 0 fully saturated rings. The first-order valence-electron chi connectivity index (χ1n) is 6.70. The summed E-state index contributed by atoms with van der Waals surface area (Å²) >= 11 is 0. The molecule has 0 bridgehead atoms. The third-order valence-electron chi connectivity index (χ3n) is 3.41. The molecule has 1 N–H and O–H groups in total. The summed E-state index contributed by atoms with van der Waals surface area (Å²) in [6, 6.07) is 11.1. The maximum Gasteiger partial charge on any atom is 0.240 e. The summed E-state index contributed by atoms with van der Waals surface area (Å²) in [6.45, 7) is 4.10. The van der Waals surface area contributed by atoms with Crippen LogP contribution >= 0.6 is 0 Å². The zero-order valence-electron chi connectivity index (χ0n) is 12.1. The lowest BCUT2D eigenvalue weighted by Crippen LogP contribution is -2.26. The van der Waals surface area contributed by atoms with Crippen LogP contribution in [0.2, 0.25) is 0 Å². The second kappa shape index (κ2) is 6.37. The Kier molecular flexibility index (Phi) is 4.75. The van der Waals surface area contributed by atoms with E-state index in [0.29, 0.717) is 6.42 Å². The Hall–Kier alpha value is -1.72. The molecule has 0 amide bonds. The highest BCUT2D eigenvalue weighted by Gasteiger charge is 2.13. The van der Waals surface area contributed by atoms with Gasteiger partial charge >= 0.3 is 0 Å². The van der Waals surface area contributed by atoms with Gasteiger partial charge in [0.2, 0.25) is 10.0 Å². The highest BCUT2D eigenvalue weighted by molar-refractivity contribution is 7.89. The van der Waals surface area contributed by atoms with Gasteiger partial charge in [0.1, 0.15) is 5.82 Å². The van der Waals surface area contributed by atoms with Gasteiger partial charge in [0.05, 0.1) is 4.90 Å². The van der Waals surface area contributed by atoms with Crippen molar-refractivity contribution in [3.05, 3.63) is 65.0 Å². The molecule has 0 heterocycles. The largest absolute Gasteiger partial charge is 0.240 e. The van der Waals surface area contributed by atoms with Crippen LogP contribution in [0.4, 0.5) is 4.39 Å². The van der Waals surface area contributed by atoms with Crippen molar-refractivity contribution in [1.29, 1.82) is 0 Å². The molecule has 5 heteroatoms. The van der Waals surface area contributed by atoms with E-state index in [1.54, 1.807) is 30.3 Å². The molecule has 0 aliphatic rings. The van der Waals surface area contributed by atoms with Gasteiger partial charge in [-0.3, -0.25) is 0 Å². The lowest BCUT2D eigenvalue weighted by molar-refractivity contribution is 0.581. The van der Waals surface area contributed by atoms with Crippen molar-refractivity contribution >= 4 is 10.0 Å². The molecule has 0 saturated carbocycles. The quantitative estimate of drug-likeness (QED) is 0.923. The van der Waals surface area contributed by atoms with Gasteiger partial charge in [0.15, 0.2) is 0 Å². The molecule has 0 atom stereocenters. The molecule has 0 aliphatic carbocycles. The van der Waals surface area contributed by atoms with Crippen LogP contribution in [0.1, 0.15) is 16.7 Å². The third kappa shape index (κ3) is 4.12. The van der Waals surface area contributed by atoms with Crippen molar-refractivity contribution < 1.29 is 12.8 Å². The van der Waals surface area contributed by atoms with Gasteiger partial charge in [0, 0.05) is 6.54 Å². The molecule has 0 radical (unpaired) electrons. The van der Waals surface area contributed by atoms with E-state index < -0.39 is 10.0 Å². The minimum absolute atomic E-state index is 0.268. The van der Waals surface area contributed by atoms with E-state index >= 15 is 0 Å². The molecule has 0 aliphatic heterocycles. The molecule has 3 nitrogen and oxygen atoms in total. The lowest BCUT2D eigenvalue weighted by Gasteiger charge is -2.09. The number of nitrogens with one attached hydrogen (secondary N) is 1. The summed E-state index contributed by atoms with van der Waals surface area (Å²) in [4.78, 5) is 0.268. The SMILES string of the molecule is Cc1ccc(S(=O)(=O)NCCc2ccc(F)cc2)cc1C. The fraction of sp³-hybridized carbons (Fsp3) is 0.250. The Labute approximate surface area is 124 Å². The van der Waals surface area contributed by atoms with Crippen LogP contribution in [0, 0.1) is 19.7 Å². The summed E-state index contributed by atoms with van der Waals surface area (Å²) < 4.78 is 39.7. The number of hydrogen-bond acceptors (Lipinski definition) is 2. The zero-order valence-corrected chi connectivity index (χ0v) is 12.9. The van der Waals surface area contributed by atoms with Crippen LogP contribution in [-0.2, 0) is 16.4 Å². The minimum Gasteiger partial charge on any atom is -0.211 e. The van der Waals surface area contributed by atoms with E-state index in [1.165, 1.54) is 12.1 Å². The molecule has 0 aromatic heterocycles. The summed E-state index contributed by atoms with van der Waals surface area (Å²) in [5.41, 5.74) is 2.89. The zero-order chi connectivity index (χ0) is 15.5. The van der Waals surface area contributed by atoms with Crippen molar-refractivity contribution in [3.8, 4) is 0 Å². The lowest BCUT2D eigenvalue weighted by atomic mass is 10.1. The topological polar surface area (TPSA) is 46.2 Å². The fourth-order valence-corrected chi connectivity index (χ4v) is 3.06. The summed E-state index contributed by atoms with van der Waals surface area (Å²) in [6.07, 6.45) is 0.518. The molecule has 2 rings (SSSR count). The van der Waals surface area contributed by atoms with Gasteiger partial charge in [-0.15, -0.1) is 0 Å². The number of hydrogen-bond donors (Lipinski definition) is 1. The van der Waals surface area contributed by atoms with Crippen molar-refractivity contribution in [3.63, 3.8) is 0 Å². The Morgan fingerprint density at radius 3 is 2.29 bits per heavy atom. The number of benzene rings is 2. The fourth-order valence-electron chi connectivity index (χ4n) is 1.95. The summed E-state index contributed by atoms with van der Waals surface area (Å²) in [5, 5.41) is 0. The molecule has 112 valence electrons. The average molecular weight is 307 g/mol. The maximum absolute atomic E-state index is 12.8. The van der Waals surface area contributed by atoms with Gasteiger partial charge < -0.3 is 0 Å². The normalized spacial score (nSPS) is 11.6. The maximum atomic E-state index is 12.8. The first-order chi connectivity index (χ1) is 9.88. The summed E-state index contributed by atoms with van der Waals surface area (Å²) in [5.74, 6) is -0.297. The third-order valence-corrected chi connectivity index (χ3v) is 4.87. The molecule has 21 heavy (non-hydrogen) atoms. The predicted molar refractivity (Wildman–Crippen MR) is 81.2 cm³/mol. The Morgan fingerprint density at radius 2 is 1.67 bits per heavy atom. The van der Waals surface area contributed by atoms with Crippen LogP contribution in [0.15, 0.2) is 47.4 Å². The number of sulfonamides is 1. The highest BCUT2D eigenvalue weighted by Crippen LogP contribution is 2.14. The van der Waals surface area contributed by atoms with Crippen LogP contribution in [0.25, 0.3) is 0 Å². The Balaban J connectivity index is 2.01. The molecular weight excluding hydrogens is 289 g/mol. The van der Waals surface area contributed by atoms with Crippen molar-refractivity contribution in [2.45, 2.75) is 25.2 Å². The first-order valence-corrected chi connectivity index (χ1v) is 8.18. The number of aryl methyl sites for hydroxylation is 2. The van der Waals surface area contributed by atoms with Crippen LogP contribution in [0.3, 0.4) is 0 Å². The van der Waals surface area contributed by atoms with Gasteiger partial charge in [0.25, 0.3) is 0 Å². The minimum atomic E-state index is -3.50. The molecule has 2 aromatic carbocycles. The van der Waals surface area contributed by atoms with E-state index in [1.807, 2.05) is 13.8 Å². The standard InChI is InChI=1S/C16H18FNO2S/c1-12-3-8-16(11-13(12)2)21(19,20)18-10-9-14-4-6-15(17)7-5-14/h3-8,11,18H,9-10H2,1-2H3. The predicted octanol–water partition coefficient (Wildman–Crippen LogP) is 2.96. The van der Waals surface area contributed by atoms with Gasteiger partial charge in [-0.05, 0) is 61.2 Å². The van der Waals surface area contributed by atoms with E-state index in [-0.39, 0.29) is 17.3 Å². The first kappa shape index (κ1) is 15.7.